The summed E-state index contributed by atoms with van der Waals surface area (Å²) in [6, 6.07) is 6.66. The second-order valence-corrected chi connectivity index (χ2v) is 9.07. The van der Waals surface area contributed by atoms with Crippen LogP contribution >= 0.6 is 11.3 Å². The van der Waals surface area contributed by atoms with Crippen LogP contribution in [0.25, 0.3) is 21.2 Å². The Hall–Kier alpha value is -3.26. The van der Waals surface area contributed by atoms with Gasteiger partial charge in [-0.05, 0) is 42.9 Å². The topological polar surface area (TPSA) is 94.3 Å². The average Bonchev–Trinajstić information content (AvgIpc) is 3.09. The van der Waals surface area contributed by atoms with Crippen molar-refractivity contribution in [3.8, 4) is 5.88 Å². The molecule has 1 aliphatic carbocycles. The Labute approximate surface area is 182 Å². The van der Waals surface area contributed by atoms with Crippen LogP contribution in [0.5, 0.6) is 5.88 Å². The van der Waals surface area contributed by atoms with E-state index in [1.54, 1.807) is 23.5 Å². The van der Waals surface area contributed by atoms with Crippen LogP contribution in [0.3, 0.4) is 0 Å². The number of nitrogens with one attached hydrogen (secondary N) is 1. The van der Waals surface area contributed by atoms with Gasteiger partial charge in [0.2, 0.25) is 11.8 Å². The Morgan fingerprint density at radius 3 is 3.03 bits per heavy atom. The second-order valence-electron chi connectivity index (χ2n) is 7.98. The predicted molar refractivity (Wildman–Crippen MR) is 120 cm³/mol. The van der Waals surface area contributed by atoms with Gasteiger partial charge in [0.25, 0.3) is 0 Å². The lowest BCUT2D eigenvalue weighted by molar-refractivity contribution is -0.114. The number of hydrogen-bond donors (Lipinski definition) is 1. The molecule has 0 saturated heterocycles. The average molecular weight is 436 g/mol. The fraction of sp³-hybridized carbons (Fsp3) is 0.304. The van der Waals surface area contributed by atoms with Crippen LogP contribution < -0.4 is 15.7 Å². The number of carbonyl (C=O) groups is 1. The Morgan fingerprint density at radius 1 is 1.32 bits per heavy atom. The minimum Gasteiger partial charge on any atom is -0.472 e. The van der Waals surface area contributed by atoms with Crippen LogP contribution in [0, 0.1) is 5.92 Å². The zero-order valence-corrected chi connectivity index (χ0v) is 18.0. The van der Waals surface area contributed by atoms with Crippen LogP contribution in [-0.4, -0.2) is 15.9 Å². The Bertz CT molecular complexity index is 1370. The molecule has 0 saturated carbocycles. The molecular formula is C23H21N3O4S. The number of aromatic nitrogens is 2. The first-order valence-corrected chi connectivity index (χ1v) is 11.0. The van der Waals surface area contributed by atoms with Crippen LogP contribution in [0.2, 0.25) is 0 Å². The summed E-state index contributed by atoms with van der Waals surface area (Å²) in [6.45, 7) is 3.88. The lowest BCUT2D eigenvalue weighted by Gasteiger charge is -2.18. The number of fused-ring (bicyclic) bond motifs is 4. The molecule has 1 unspecified atom stereocenters. The van der Waals surface area contributed by atoms with Crippen molar-refractivity contribution in [1.82, 2.24) is 9.97 Å². The highest BCUT2D eigenvalue weighted by Crippen LogP contribution is 2.40. The maximum Gasteiger partial charge on any atom is 0.336 e. The quantitative estimate of drug-likeness (QED) is 0.476. The zero-order chi connectivity index (χ0) is 21.5. The van der Waals surface area contributed by atoms with E-state index < -0.39 is 5.63 Å². The van der Waals surface area contributed by atoms with Gasteiger partial charge in [-0.2, -0.15) is 0 Å². The maximum absolute atomic E-state index is 12.1. The van der Waals surface area contributed by atoms with Gasteiger partial charge in [-0.3, -0.25) is 4.79 Å². The number of nitrogens with zero attached hydrogens (tertiary/aromatic N) is 2. The Kier molecular flexibility index (Phi) is 4.94. The summed E-state index contributed by atoms with van der Waals surface area (Å²) < 4.78 is 11.5. The van der Waals surface area contributed by atoms with Crippen molar-refractivity contribution >= 4 is 44.1 Å². The molecule has 1 aromatic carbocycles. The van der Waals surface area contributed by atoms with E-state index >= 15 is 0 Å². The van der Waals surface area contributed by atoms with Gasteiger partial charge in [-0.1, -0.05) is 6.92 Å². The summed E-state index contributed by atoms with van der Waals surface area (Å²) in [4.78, 5) is 34.6. The standard InChI is InChI=1S/C23H21N3O4S/c1-12-3-5-17-19(7-12)31-23-21(17)22(24-11-25-23)29-10-14-8-20(28)30-18-9-15(26-13(2)27)4-6-16(14)18/h4,6,8-9,11-12H,3,5,7,10H2,1-2H3,(H,26,27). The van der Waals surface area contributed by atoms with E-state index in [1.807, 2.05) is 6.07 Å². The van der Waals surface area contributed by atoms with Crippen molar-refractivity contribution in [2.75, 3.05) is 5.32 Å². The third kappa shape index (κ3) is 3.79. The molecule has 0 bridgehead atoms. The molecule has 31 heavy (non-hydrogen) atoms. The van der Waals surface area contributed by atoms with Gasteiger partial charge in [0, 0.05) is 40.6 Å². The van der Waals surface area contributed by atoms with Gasteiger partial charge in [-0.15, -0.1) is 11.3 Å². The molecule has 5 rings (SSSR count). The third-order valence-electron chi connectivity index (χ3n) is 5.57. The molecule has 1 atom stereocenters. The fourth-order valence-corrected chi connectivity index (χ4v) is 5.47. The van der Waals surface area contributed by atoms with E-state index in [2.05, 4.69) is 22.2 Å². The van der Waals surface area contributed by atoms with Crippen LogP contribution in [0.1, 0.15) is 36.3 Å². The number of ether oxygens (including phenoxy) is 1. The smallest absolute Gasteiger partial charge is 0.336 e. The molecule has 0 fully saturated rings. The number of carbonyl (C=O) groups excluding carboxylic acids is 1. The van der Waals surface area contributed by atoms with Crippen LogP contribution in [-0.2, 0) is 24.2 Å². The minimum atomic E-state index is -0.471. The highest BCUT2D eigenvalue weighted by atomic mass is 32.1. The molecule has 0 aliphatic heterocycles. The van der Waals surface area contributed by atoms with E-state index in [0.717, 1.165) is 34.9 Å². The highest BCUT2D eigenvalue weighted by Gasteiger charge is 2.23. The molecule has 1 N–H and O–H groups in total. The van der Waals surface area contributed by atoms with E-state index in [0.29, 0.717) is 28.6 Å². The van der Waals surface area contributed by atoms with E-state index in [9.17, 15) is 9.59 Å². The van der Waals surface area contributed by atoms with E-state index in [-0.39, 0.29) is 12.5 Å². The largest absolute Gasteiger partial charge is 0.472 e. The number of anilines is 1. The summed E-state index contributed by atoms with van der Waals surface area (Å²) in [5.74, 6) is 1.03. The molecule has 3 heterocycles. The molecule has 0 radical (unpaired) electrons. The summed E-state index contributed by atoms with van der Waals surface area (Å²) in [7, 11) is 0. The first-order valence-electron chi connectivity index (χ1n) is 10.2. The summed E-state index contributed by atoms with van der Waals surface area (Å²) in [6.07, 6.45) is 4.75. The van der Waals surface area contributed by atoms with Gasteiger partial charge in [0.1, 0.15) is 23.3 Å². The molecule has 3 aromatic heterocycles. The molecule has 1 amide bonds. The van der Waals surface area contributed by atoms with Crippen molar-refractivity contribution < 1.29 is 13.9 Å². The first-order chi connectivity index (χ1) is 15.0. The Balaban J connectivity index is 1.49. The summed E-state index contributed by atoms with van der Waals surface area (Å²) >= 11 is 1.72. The van der Waals surface area contributed by atoms with Crippen molar-refractivity contribution in [2.45, 2.75) is 39.7 Å². The number of thiophene rings is 1. The molecule has 7 nitrogen and oxygen atoms in total. The predicted octanol–water partition coefficient (Wildman–Crippen LogP) is 4.46. The number of hydrogen-bond acceptors (Lipinski definition) is 7. The number of rotatable bonds is 4. The van der Waals surface area contributed by atoms with Crippen molar-refractivity contribution in [1.29, 1.82) is 0 Å². The lowest BCUT2D eigenvalue weighted by atomic mass is 9.89. The molecule has 4 aromatic rings. The van der Waals surface area contributed by atoms with E-state index in [4.69, 9.17) is 9.15 Å². The monoisotopic (exact) mass is 435 g/mol. The van der Waals surface area contributed by atoms with Gasteiger partial charge in [0.15, 0.2) is 0 Å². The first kappa shape index (κ1) is 19.7. The van der Waals surface area contributed by atoms with Crippen molar-refractivity contribution in [2.24, 2.45) is 5.92 Å². The van der Waals surface area contributed by atoms with Gasteiger partial charge >= 0.3 is 5.63 Å². The fourth-order valence-electron chi connectivity index (χ4n) is 4.13. The Morgan fingerprint density at radius 2 is 2.19 bits per heavy atom. The summed E-state index contributed by atoms with van der Waals surface area (Å²) in [5.41, 5.74) is 2.49. The minimum absolute atomic E-state index is 0.175. The molecule has 0 spiro atoms. The molecular weight excluding hydrogens is 414 g/mol. The van der Waals surface area contributed by atoms with E-state index in [1.165, 1.54) is 29.8 Å². The number of aryl methyl sites for hydroxylation is 1. The maximum atomic E-state index is 12.1. The van der Waals surface area contributed by atoms with Crippen LogP contribution in [0.15, 0.2) is 39.8 Å². The molecule has 158 valence electrons. The van der Waals surface area contributed by atoms with Gasteiger partial charge < -0.3 is 14.5 Å². The van der Waals surface area contributed by atoms with Crippen molar-refractivity contribution in [3.63, 3.8) is 0 Å². The third-order valence-corrected chi connectivity index (χ3v) is 6.73. The number of benzene rings is 1. The van der Waals surface area contributed by atoms with Gasteiger partial charge in [0.05, 0.1) is 5.39 Å². The zero-order valence-electron chi connectivity index (χ0n) is 17.2. The van der Waals surface area contributed by atoms with Crippen LogP contribution in [0.4, 0.5) is 5.69 Å². The lowest BCUT2D eigenvalue weighted by Crippen LogP contribution is -2.09. The highest BCUT2D eigenvalue weighted by molar-refractivity contribution is 7.18. The normalized spacial score (nSPS) is 15.7. The number of amides is 1. The molecule has 8 heteroatoms. The second kappa shape index (κ2) is 7.77. The van der Waals surface area contributed by atoms with Gasteiger partial charge in [-0.25, -0.2) is 14.8 Å². The van der Waals surface area contributed by atoms with Crippen molar-refractivity contribution in [3.05, 3.63) is 57.0 Å². The SMILES string of the molecule is CC(=O)Nc1ccc2c(COc3ncnc4sc5c(c34)CCC(C)C5)cc(=O)oc2c1. The summed E-state index contributed by atoms with van der Waals surface area (Å²) in [5, 5.41) is 4.44. The molecule has 1 aliphatic rings.